The van der Waals surface area contributed by atoms with E-state index in [2.05, 4.69) is 15.3 Å². The Bertz CT molecular complexity index is 1880. The van der Waals surface area contributed by atoms with Crippen LogP contribution in [0.1, 0.15) is 51.4 Å². The van der Waals surface area contributed by atoms with Crippen LogP contribution in [0.5, 0.6) is 0 Å². The van der Waals surface area contributed by atoms with E-state index in [1.165, 1.54) is 68.8 Å². The molecule has 1 aliphatic rings. The van der Waals surface area contributed by atoms with Gasteiger partial charge in [-0.3, -0.25) is 9.59 Å². The number of aromatic nitrogens is 2. The fourth-order valence-corrected chi connectivity index (χ4v) is 5.80. The predicted octanol–water partition coefficient (Wildman–Crippen LogP) is 7.28. The molecule has 0 saturated heterocycles. The van der Waals surface area contributed by atoms with Gasteiger partial charge in [0.2, 0.25) is 0 Å². The summed E-state index contributed by atoms with van der Waals surface area (Å²) in [6.45, 7) is 1.46. The molecule has 0 spiro atoms. The Morgan fingerprint density at radius 3 is 2.35 bits per heavy atom. The summed E-state index contributed by atoms with van der Waals surface area (Å²) < 4.78 is 65.2. The molecule has 1 aliphatic carbocycles. The first-order chi connectivity index (χ1) is 20.6. The number of halogens is 4. The number of Topliss-reactive ketones (excluding diaryl/α,β-unsaturated/α-hetero) is 1. The van der Waals surface area contributed by atoms with E-state index < -0.39 is 40.7 Å². The molecule has 218 valence electrons. The standard InChI is InChI=1S/C33H25F4N3O3/c1-17-23(12-19(13-24(17)36)25(41)16-33(14-21(35)15-33)32-39-10-3-11-40-32)22-8-9-26-27(29(22)37)28(31(42)38-2)30(43-26)18-4-6-20(34)7-5-18/h3-13,21H,14-16H2,1-2H3,(H,38,42). The number of hydrogen-bond donors (Lipinski definition) is 1. The van der Waals surface area contributed by atoms with Crippen LogP contribution in [0.25, 0.3) is 33.4 Å². The van der Waals surface area contributed by atoms with Crippen molar-refractivity contribution in [3.05, 3.63) is 107 Å². The Hall–Kier alpha value is -4.86. The van der Waals surface area contributed by atoms with Gasteiger partial charge < -0.3 is 9.73 Å². The van der Waals surface area contributed by atoms with E-state index in [1.807, 2.05) is 0 Å². The van der Waals surface area contributed by atoms with Gasteiger partial charge >= 0.3 is 0 Å². The molecule has 3 aromatic carbocycles. The number of hydrogen-bond acceptors (Lipinski definition) is 5. The van der Waals surface area contributed by atoms with Gasteiger partial charge in [-0.25, -0.2) is 27.5 Å². The number of nitrogens with one attached hydrogen (secondary N) is 1. The Labute approximate surface area is 243 Å². The zero-order chi connectivity index (χ0) is 30.5. The lowest BCUT2D eigenvalue weighted by Crippen LogP contribution is -2.45. The van der Waals surface area contributed by atoms with Crippen LogP contribution < -0.4 is 5.32 Å². The van der Waals surface area contributed by atoms with Crippen molar-refractivity contribution in [2.24, 2.45) is 0 Å². The summed E-state index contributed by atoms with van der Waals surface area (Å²) in [4.78, 5) is 34.9. The molecule has 5 aromatic rings. The van der Waals surface area contributed by atoms with E-state index >= 15 is 8.78 Å². The molecule has 2 aromatic heterocycles. The van der Waals surface area contributed by atoms with E-state index in [1.54, 1.807) is 6.07 Å². The van der Waals surface area contributed by atoms with Gasteiger partial charge in [0.25, 0.3) is 5.91 Å². The first-order valence-corrected chi connectivity index (χ1v) is 13.6. The maximum atomic E-state index is 16.4. The third-order valence-corrected chi connectivity index (χ3v) is 8.07. The molecule has 0 atom stereocenters. The molecule has 1 saturated carbocycles. The summed E-state index contributed by atoms with van der Waals surface area (Å²) in [5.74, 6) is -2.79. The summed E-state index contributed by atoms with van der Waals surface area (Å²) in [6, 6.07) is 12.2. The van der Waals surface area contributed by atoms with Crippen LogP contribution in [0.15, 0.2) is 71.4 Å². The molecule has 1 N–H and O–H groups in total. The molecule has 2 heterocycles. The molecule has 0 radical (unpaired) electrons. The lowest BCUT2D eigenvalue weighted by molar-refractivity contribution is 0.0651. The Balaban J connectivity index is 1.45. The summed E-state index contributed by atoms with van der Waals surface area (Å²) in [5, 5.41) is 2.34. The minimum absolute atomic E-state index is 0.0130. The first-order valence-electron chi connectivity index (χ1n) is 13.6. The van der Waals surface area contributed by atoms with Crippen LogP contribution in [0.4, 0.5) is 17.6 Å². The highest BCUT2D eigenvalue weighted by molar-refractivity contribution is 6.12. The SMILES string of the molecule is CNC(=O)c1c(-c2ccc(F)cc2)oc2ccc(-c3cc(C(=O)CC4(c5ncccn5)CC(F)C4)cc(F)c3C)c(F)c12. The Morgan fingerprint density at radius 1 is 1.00 bits per heavy atom. The summed E-state index contributed by atoms with van der Waals surface area (Å²) in [6.07, 6.45) is 1.92. The van der Waals surface area contributed by atoms with Crippen molar-refractivity contribution >= 4 is 22.7 Å². The molecule has 0 unspecified atom stereocenters. The van der Waals surface area contributed by atoms with Gasteiger partial charge in [-0.1, -0.05) is 0 Å². The number of benzene rings is 3. The number of furan rings is 1. The highest BCUT2D eigenvalue weighted by Crippen LogP contribution is 2.47. The average molecular weight is 588 g/mol. The van der Waals surface area contributed by atoms with Crippen LogP contribution in [-0.4, -0.2) is 34.9 Å². The van der Waals surface area contributed by atoms with Gasteiger partial charge in [-0.15, -0.1) is 0 Å². The number of alkyl halides is 1. The normalized spacial score (nSPS) is 18.0. The van der Waals surface area contributed by atoms with E-state index in [0.29, 0.717) is 11.4 Å². The molecular formula is C33H25F4N3O3. The summed E-state index contributed by atoms with van der Waals surface area (Å²) >= 11 is 0. The summed E-state index contributed by atoms with van der Waals surface area (Å²) in [5.41, 5.74) is -0.479. The van der Waals surface area contributed by atoms with Crippen molar-refractivity contribution in [2.75, 3.05) is 7.05 Å². The van der Waals surface area contributed by atoms with Crippen LogP contribution in [0, 0.1) is 24.4 Å². The van der Waals surface area contributed by atoms with E-state index in [9.17, 15) is 18.4 Å². The maximum Gasteiger partial charge on any atom is 0.255 e. The largest absolute Gasteiger partial charge is 0.455 e. The number of carbonyl (C=O) groups is 2. The average Bonchev–Trinajstić information content (AvgIpc) is 3.39. The van der Waals surface area contributed by atoms with Crippen LogP contribution in [0.2, 0.25) is 0 Å². The molecule has 1 amide bonds. The second-order valence-electron chi connectivity index (χ2n) is 10.8. The van der Waals surface area contributed by atoms with Crippen LogP contribution in [-0.2, 0) is 5.41 Å². The number of rotatable bonds is 7. The van der Waals surface area contributed by atoms with Crippen molar-refractivity contribution in [3.8, 4) is 22.5 Å². The lowest BCUT2D eigenvalue weighted by atomic mass is 9.63. The van der Waals surface area contributed by atoms with Crippen molar-refractivity contribution in [3.63, 3.8) is 0 Å². The number of carbonyl (C=O) groups excluding carboxylic acids is 2. The van der Waals surface area contributed by atoms with Crippen molar-refractivity contribution < 1.29 is 31.6 Å². The van der Waals surface area contributed by atoms with Crippen molar-refractivity contribution in [2.45, 2.75) is 37.8 Å². The molecule has 6 nitrogen and oxygen atoms in total. The van der Waals surface area contributed by atoms with Crippen LogP contribution in [0.3, 0.4) is 0 Å². The highest BCUT2D eigenvalue weighted by atomic mass is 19.1. The Morgan fingerprint density at radius 2 is 1.70 bits per heavy atom. The minimum atomic E-state index is -1.10. The zero-order valence-corrected chi connectivity index (χ0v) is 23.2. The fourth-order valence-electron chi connectivity index (χ4n) is 5.80. The molecule has 43 heavy (non-hydrogen) atoms. The quantitative estimate of drug-likeness (QED) is 0.160. The third kappa shape index (κ3) is 4.86. The molecule has 6 rings (SSSR count). The van der Waals surface area contributed by atoms with Crippen molar-refractivity contribution in [1.82, 2.24) is 15.3 Å². The number of nitrogens with zero attached hydrogens (tertiary/aromatic N) is 2. The predicted molar refractivity (Wildman–Crippen MR) is 152 cm³/mol. The second-order valence-corrected chi connectivity index (χ2v) is 10.8. The lowest BCUT2D eigenvalue weighted by Gasteiger charge is -2.42. The van der Waals surface area contributed by atoms with Gasteiger partial charge in [0.15, 0.2) is 5.78 Å². The minimum Gasteiger partial charge on any atom is -0.455 e. The smallest absolute Gasteiger partial charge is 0.255 e. The monoisotopic (exact) mass is 587 g/mol. The summed E-state index contributed by atoms with van der Waals surface area (Å²) in [7, 11) is 1.38. The van der Waals surface area contributed by atoms with Crippen LogP contribution >= 0.6 is 0 Å². The number of ketones is 1. The molecule has 10 heteroatoms. The third-order valence-electron chi connectivity index (χ3n) is 8.07. The zero-order valence-electron chi connectivity index (χ0n) is 23.2. The molecule has 0 aliphatic heterocycles. The second kappa shape index (κ2) is 10.8. The van der Waals surface area contributed by atoms with Gasteiger partial charge in [0.05, 0.1) is 10.9 Å². The number of amides is 1. The van der Waals surface area contributed by atoms with E-state index in [-0.39, 0.29) is 63.8 Å². The van der Waals surface area contributed by atoms with E-state index in [0.717, 1.165) is 6.07 Å². The fraction of sp³-hybridized carbons (Fsp3) is 0.212. The molecule has 0 bridgehead atoms. The topological polar surface area (TPSA) is 85.1 Å². The highest BCUT2D eigenvalue weighted by Gasteiger charge is 2.49. The first kappa shape index (κ1) is 28.3. The van der Waals surface area contributed by atoms with Gasteiger partial charge in [-0.05, 0) is 85.5 Å². The maximum absolute atomic E-state index is 16.4. The van der Waals surface area contributed by atoms with Gasteiger partial charge in [0, 0.05) is 48.0 Å². The van der Waals surface area contributed by atoms with Gasteiger partial charge in [0.1, 0.15) is 40.8 Å². The van der Waals surface area contributed by atoms with Crippen molar-refractivity contribution in [1.29, 1.82) is 0 Å². The number of fused-ring (bicyclic) bond motifs is 1. The Kier molecular flexibility index (Phi) is 7.07. The molecule has 1 fully saturated rings. The van der Waals surface area contributed by atoms with E-state index in [4.69, 9.17) is 4.42 Å². The molecular weight excluding hydrogens is 562 g/mol. The van der Waals surface area contributed by atoms with Gasteiger partial charge in [-0.2, -0.15) is 0 Å².